The van der Waals surface area contributed by atoms with Crippen molar-refractivity contribution in [2.45, 2.75) is 6.92 Å². The summed E-state index contributed by atoms with van der Waals surface area (Å²) in [6, 6.07) is 22.8. The zero-order valence-electron chi connectivity index (χ0n) is 14.3. The van der Waals surface area contributed by atoms with Crippen LogP contribution in [0.25, 0.3) is 10.9 Å². The van der Waals surface area contributed by atoms with Gasteiger partial charge in [0.15, 0.2) is 5.78 Å². The molecule has 0 saturated carbocycles. The van der Waals surface area contributed by atoms with Crippen molar-refractivity contribution < 1.29 is 4.79 Å². The van der Waals surface area contributed by atoms with Gasteiger partial charge >= 0.3 is 0 Å². The van der Waals surface area contributed by atoms with Crippen LogP contribution >= 0.6 is 0 Å². The number of nitrogens with one attached hydrogen (secondary N) is 1. The molecule has 4 nitrogen and oxygen atoms in total. The fourth-order valence-corrected chi connectivity index (χ4v) is 2.93. The van der Waals surface area contributed by atoms with Crippen molar-refractivity contribution in [1.82, 2.24) is 9.97 Å². The maximum Gasteiger partial charge on any atom is 0.195 e. The van der Waals surface area contributed by atoms with Gasteiger partial charge < -0.3 is 5.32 Å². The molecule has 4 aromatic rings. The van der Waals surface area contributed by atoms with Gasteiger partial charge in [0.05, 0.1) is 11.2 Å². The highest BCUT2D eigenvalue weighted by Gasteiger charge is 2.14. The third-order valence-electron chi connectivity index (χ3n) is 4.25. The molecular formula is C22H17N3O. The highest BCUT2D eigenvalue weighted by molar-refractivity contribution is 6.12. The average molecular weight is 339 g/mol. The summed E-state index contributed by atoms with van der Waals surface area (Å²) < 4.78 is 0. The molecule has 0 aliphatic carbocycles. The van der Waals surface area contributed by atoms with Gasteiger partial charge in [0, 0.05) is 16.5 Å². The van der Waals surface area contributed by atoms with E-state index in [2.05, 4.69) is 15.3 Å². The molecular weight excluding hydrogens is 322 g/mol. The number of anilines is 2. The monoisotopic (exact) mass is 339 g/mol. The van der Waals surface area contributed by atoms with Gasteiger partial charge in [0.2, 0.25) is 0 Å². The molecule has 0 spiro atoms. The van der Waals surface area contributed by atoms with Gasteiger partial charge in [-0.1, -0.05) is 54.1 Å². The first-order valence-electron chi connectivity index (χ1n) is 8.39. The lowest BCUT2D eigenvalue weighted by Crippen LogP contribution is -2.06. The van der Waals surface area contributed by atoms with Crippen LogP contribution in [0.5, 0.6) is 0 Å². The first-order valence-corrected chi connectivity index (χ1v) is 8.39. The molecule has 26 heavy (non-hydrogen) atoms. The Morgan fingerprint density at radius 3 is 2.50 bits per heavy atom. The third kappa shape index (κ3) is 3.05. The number of carbonyl (C=O) groups is 1. The Bertz CT molecular complexity index is 1090. The smallest absolute Gasteiger partial charge is 0.195 e. The molecule has 0 aliphatic heterocycles. The number of para-hydroxylation sites is 1. The molecule has 126 valence electrons. The van der Waals surface area contributed by atoms with Crippen LogP contribution in [0.3, 0.4) is 0 Å². The summed E-state index contributed by atoms with van der Waals surface area (Å²) in [5.74, 6) is 0.662. The van der Waals surface area contributed by atoms with Crippen LogP contribution in [0.1, 0.15) is 21.5 Å². The van der Waals surface area contributed by atoms with Crippen molar-refractivity contribution in [1.29, 1.82) is 0 Å². The number of ketones is 1. The number of nitrogens with zero attached hydrogens (tertiary/aromatic N) is 2. The maximum atomic E-state index is 12.9. The molecule has 1 N–H and O–H groups in total. The number of aryl methyl sites for hydroxylation is 1. The van der Waals surface area contributed by atoms with E-state index in [-0.39, 0.29) is 5.78 Å². The number of benzene rings is 3. The predicted molar refractivity (Wildman–Crippen MR) is 104 cm³/mol. The Balaban J connectivity index is 1.77. The maximum absolute atomic E-state index is 12.9. The summed E-state index contributed by atoms with van der Waals surface area (Å²) in [6.07, 6.45) is 1.53. The number of carbonyl (C=O) groups excluding carboxylic acids is 1. The molecule has 1 aromatic heterocycles. The van der Waals surface area contributed by atoms with Gasteiger partial charge in [-0.2, -0.15) is 0 Å². The van der Waals surface area contributed by atoms with E-state index >= 15 is 0 Å². The van der Waals surface area contributed by atoms with E-state index in [4.69, 9.17) is 0 Å². The van der Waals surface area contributed by atoms with Gasteiger partial charge in [-0.05, 0) is 31.2 Å². The number of rotatable bonds is 4. The van der Waals surface area contributed by atoms with Crippen molar-refractivity contribution >= 4 is 28.2 Å². The minimum absolute atomic E-state index is 0.0248. The third-order valence-corrected chi connectivity index (χ3v) is 4.25. The minimum Gasteiger partial charge on any atom is -0.339 e. The van der Waals surface area contributed by atoms with Crippen molar-refractivity contribution in [2.75, 3.05) is 5.32 Å². The van der Waals surface area contributed by atoms with Crippen molar-refractivity contribution in [2.24, 2.45) is 0 Å². The number of aromatic nitrogens is 2. The lowest BCUT2D eigenvalue weighted by Gasteiger charge is -2.12. The Hall–Kier alpha value is -3.53. The highest BCUT2D eigenvalue weighted by atomic mass is 16.1. The second-order valence-corrected chi connectivity index (χ2v) is 6.11. The first kappa shape index (κ1) is 16.0. The quantitative estimate of drug-likeness (QED) is 0.537. The Morgan fingerprint density at radius 2 is 1.65 bits per heavy atom. The molecule has 0 radical (unpaired) electrons. The van der Waals surface area contributed by atoms with Crippen molar-refractivity contribution in [3.8, 4) is 0 Å². The Kier molecular flexibility index (Phi) is 4.15. The van der Waals surface area contributed by atoms with Crippen LogP contribution in [0.2, 0.25) is 0 Å². The van der Waals surface area contributed by atoms with Crippen LogP contribution in [0.15, 0.2) is 79.1 Å². The molecule has 0 atom stereocenters. The van der Waals surface area contributed by atoms with Crippen LogP contribution in [-0.4, -0.2) is 15.8 Å². The fourth-order valence-electron chi connectivity index (χ4n) is 2.93. The van der Waals surface area contributed by atoms with Gasteiger partial charge in [-0.25, -0.2) is 9.97 Å². The second kappa shape index (κ2) is 6.76. The minimum atomic E-state index is -0.0248. The van der Waals surface area contributed by atoms with Crippen LogP contribution in [-0.2, 0) is 0 Å². The molecule has 0 bridgehead atoms. The Labute approximate surface area is 151 Å². The molecule has 0 fully saturated rings. The van der Waals surface area contributed by atoms with E-state index in [1.54, 1.807) is 0 Å². The number of fused-ring (bicyclic) bond motifs is 1. The molecule has 4 heteroatoms. The Morgan fingerprint density at radius 1 is 0.885 bits per heavy atom. The van der Waals surface area contributed by atoms with E-state index in [0.29, 0.717) is 16.9 Å². The normalized spacial score (nSPS) is 10.7. The number of hydrogen-bond acceptors (Lipinski definition) is 4. The van der Waals surface area contributed by atoms with Crippen LogP contribution in [0.4, 0.5) is 11.5 Å². The van der Waals surface area contributed by atoms with Crippen molar-refractivity contribution in [3.05, 3.63) is 95.8 Å². The molecule has 0 unspecified atom stereocenters. The largest absolute Gasteiger partial charge is 0.339 e. The zero-order valence-corrected chi connectivity index (χ0v) is 14.3. The molecule has 1 heterocycles. The van der Waals surface area contributed by atoms with E-state index < -0.39 is 0 Å². The first-order chi connectivity index (χ1) is 12.7. The van der Waals surface area contributed by atoms with Crippen LogP contribution in [0, 0.1) is 6.92 Å². The standard InChI is InChI=1S/C22H17N3O/c1-15-11-12-19-18(13-15)22(24-14-23-19)25-20-10-6-5-9-17(20)21(26)16-7-3-2-4-8-16/h2-14H,1H3,(H,23,24,25). The average Bonchev–Trinajstić information content (AvgIpc) is 2.69. The van der Waals surface area contributed by atoms with Gasteiger partial charge in [-0.15, -0.1) is 0 Å². The fraction of sp³-hybridized carbons (Fsp3) is 0.0455. The van der Waals surface area contributed by atoms with Gasteiger partial charge in [0.1, 0.15) is 12.1 Å². The summed E-state index contributed by atoms with van der Waals surface area (Å²) >= 11 is 0. The topological polar surface area (TPSA) is 54.9 Å². The molecule has 3 aromatic carbocycles. The molecule has 0 saturated heterocycles. The van der Waals surface area contributed by atoms with Gasteiger partial charge in [-0.3, -0.25) is 4.79 Å². The summed E-state index contributed by atoms with van der Waals surface area (Å²) in [5, 5.41) is 4.25. The predicted octanol–water partition coefficient (Wildman–Crippen LogP) is 4.91. The summed E-state index contributed by atoms with van der Waals surface area (Å²) in [6.45, 7) is 2.03. The SMILES string of the molecule is Cc1ccc2ncnc(Nc3ccccc3C(=O)c3ccccc3)c2c1. The lowest BCUT2D eigenvalue weighted by atomic mass is 10.0. The summed E-state index contributed by atoms with van der Waals surface area (Å²) in [4.78, 5) is 21.6. The van der Waals surface area contributed by atoms with Gasteiger partial charge in [0.25, 0.3) is 0 Å². The van der Waals surface area contributed by atoms with Crippen molar-refractivity contribution in [3.63, 3.8) is 0 Å². The summed E-state index contributed by atoms with van der Waals surface area (Å²) in [5.41, 5.74) is 3.98. The van der Waals surface area contributed by atoms with E-state index in [9.17, 15) is 4.79 Å². The van der Waals surface area contributed by atoms with Crippen LogP contribution < -0.4 is 5.32 Å². The molecule has 4 rings (SSSR count). The highest BCUT2D eigenvalue weighted by Crippen LogP contribution is 2.27. The van der Waals surface area contributed by atoms with E-state index in [1.165, 1.54) is 6.33 Å². The van der Waals surface area contributed by atoms with E-state index in [0.717, 1.165) is 22.2 Å². The second-order valence-electron chi connectivity index (χ2n) is 6.11. The molecule has 0 amide bonds. The lowest BCUT2D eigenvalue weighted by molar-refractivity contribution is 0.103. The number of hydrogen-bond donors (Lipinski definition) is 1. The zero-order chi connectivity index (χ0) is 17.9. The molecule has 0 aliphatic rings. The van der Waals surface area contributed by atoms with E-state index in [1.807, 2.05) is 79.7 Å². The summed E-state index contributed by atoms with van der Waals surface area (Å²) in [7, 11) is 0.